The second-order valence-corrected chi connectivity index (χ2v) is 5.99. The number of carbonyl (C=O) groups excluding carboxylic acids is 1. The van der Waals surface area contributed by atoms with Crippen molar-refractivity contribution in [3.63, 3.8) is 0 Å². The van der Waals surface area contributed by atoms with Crippen molar-refractivity contribution in [2.45, 2.75) is 6.92 Å². The molecule has 3 rings (SSSR count). The molecule has 0 N–H and O–H groups in total. The van der Waals surface area contributed by atoms with Gasteiger partial charge in [-0.05, 0) is 31.2 Å². The number of allylic oxidation sites excluding steroid dienone is 1. The third-order valence-electron chi connectivity index (χ3n) is 2.55. The number of nitrogens with zero attached hydrogens (tertiary/aromatic N) is 2. The summed E-state index contributed by atoms with van der Waals surface area (Å²) in [6.45, 7) is 1.89. The van der Waals surface area contributed by atoms with Crippen molar-refractivity contribution in [1.29, 1.82) is 0 Å². The zero-order valence-electron chi connectivity index (χ0n) is 10.6. The van der Waals surface area contributed by atoms with Crippen LogP contribution in [0.25, 0.3) is 16.8 Å². The van der Waals surface area contributed by atoms with Crippen LogP contribution in [0.3, 0.4) is 0 Å². The molecule has 0 aliphatic rings. The molecule has 0 aliphatic carbocycles. The lowest BCUT2D eigenvalue weighted by atomic mass is 10.3. The maximum Gasteiger partial charge on any atom is 0.197 e. The molecule has 4 nitrogen and oxygen atoms in total. The Labute approximate surface area is 123 Å². The molecule has 0 fully saturated rings. The third-order valence-corrected chi connectivity index (χ3v) is 4.31. The van der Waals surface area contributed by atoms with E-state index in [9.17, 15) is 4.79 Å². The van der Waals surface area contributed by atoms with E-state index in [1.807, 2.05) is 19.1 Å². The molecule has 3 aromatic heterocycles. The van der Waals surface area contributed by atoms with E-state index in [1.54, 1.807) is 24.0 Å². The molecular formula is C14H10N2O2S2. The Kier molecular flexibility index (Phi) is 3.58. The minimum Gasteiger partial charge on any atom is -0.459 e. The van der Waals surface area contributed by atoms with Gasteiger partial charge in [0.15, 0.2) is 16.6 Å². The van der Waals surface area contributed by atoms with Crippen molar-refractivity contribution in [2.24, 2.45) is 0 Å². The van der Waals surface area contributed by atoms with Gasteiger partial charge >= 0.3 is 0 Å². The Morgan fingerprint density at radius 2 is 2.25 bits per heavy atom. The highest BCUT2D eigenvalue weighted by atomic mass is 32.1. The predicted molar refractivity (Wildman–Crippen MR) is 80.0 cm³/mol. The summed E-state index contributed by atoms with van der Waals surface area (Å²) in [5.74, 6) is 1.56. The zero-order valence-corrected chi connectivity index (χ0v) is 12.2. The van der Waals surface area contributed by atoms with Gasteiger partial charge in [-0.3, -0.25) is 9.78 Å². The molecule has 0 saturated carbocycles. The highest BCUT2D eigenvalue weighted by molar-refractivity contribution is 7.15. The molecule has 0 bridgehead atoms. The molecule has 0 spiro atoms. The molecule has 0 amide bonds. The molecule has 6 heteroatoms. The number of furan rings is 1. The van der Waals surface area contributed by atoms with E-state index in [0.717, 1.165) is 21.4 Å². The number of ketones is 1. The fourth-order valence-electron chi connectivity index (χ4n) is 1.60. The average molecular weight is 302 g/mol. The first kappa shape index (κ1) is 13.0. The van der Waals surface area contributed by atoms with Gasteiger partial charge in [0.1, 0.15) is 5.76 Å². The first-order chi connectivity index (χ1) is 9.72. The van der Waals surface area contributed by atoms with E-state index < -0.39 is 0 Å². The monoisotopic (exact) mass is 302 g/mol. The number of hydrogen-bond donors (Lipinski definition) is 0. The molecule has 0 aliphatic heterocycles. The van der Waals surface area contributed by atoms with Gasteiger partial charge in [-0.2, -0.15) is 0 Å². The van der Waals surface area contributed by atoms with Crippen LogP contribution in [-0.4, -0.2) is 15.8 Å². The van der Waals surface area contributed by atoms with Crippen LogP contribution in [0.2, 0.25) is 0 Å². The summed E-state index contributed by atoms with van der Waals surface area (Å²) in [5, 5.41) is 0.808. The van der Waals surface area contributed by atoms with Crippen molar-refractivity contribution in [3.05, 3.63) is 51.6 Å². The fourth-order valence-corrected chi connectivity index (χ4v) is 2.93. The van der Waals surface area contributed by atoms with Gasteiger partial charge in [0.05, 0.1) is 10.4 Å². The van der Waals surface area contributed by atoms with Crippen LogP contribution in [0.15, 0.2) is 40.5 Å². The van der Waals surface area contributed by atoms with Gasteiger partial charge in [-0.15, -0.1) is 22.7 Å². The quantitative estimate of drug-likeness (QED) is 0.538. The number of aromatic nitrogens is 2. The lowest BCUT2D eigenvalue weighted by Gasteiger charge is -1.87. The molecule has 100 valence electrons. The predicted octanol–water partition coefficient (Wildman–Crippen LogP) is 4.06. The molecule has 0 saturated heterocycles. The van der Waals surface area contributed by atoms with Crippen LogP contribution in [0.4, 0.5) is 0 Å². The minimum atomic E-state index is -0.0451. The Hall–Kier alpha value is -2.05. The van der Waals surface area contributed by atoms with Crippen molar-refractivity contribution in [2.75, 3.05) is 0 Å². The summed E-state index contributed by atoms with van der Waals surface area (Å²) in [4.78, 5) is 21.5. The Morgan fingerprint density at radius 1 is 1.35 bits per heavy atom. The van der Waals surface area contributed by atoms with E-state index >= 15 is 0 Å². The van der Waals surface area contributed by atoms with Gasteiger partial charge < -0.3 is 4.42 Å². The summed E-state index contributed by atoms with van der Waals surface area (Å²) in [6.07, 6.45) is 6.60. The van der Waals surface area contributed by atoms with Crippen LogP contribution in [0.5, 0.6) is 0 Å². The number of thiazole rings is 2. The minimum absolute atomic E-state index is 0.0451. The second-order valence-electron chi connectivity index (χ2n) is 4.04. The van der Waals surface area contributed by atoms with E-state index in [4.69, 9.17) is 4.42 Å². The van der Waals surface area contributed by atoms with Crippen molar-refractivity contribution in [1.82, 2.24) is 9.97 Å². The van der Waals surface area contributed by atoms with Crippen LogP contribution in [-0.2, 0) is 0 Å². The molecule has 3 heterocycles. The highest BCUT2D eigenvalue weighted by Gasteiger charge is 2.08. The second kappa shape index (κ2) is 5.52. The highest BCUT2D eigenvalue weighted by Crippen LogP contribution is 2.27. The van der Waals surface area contributed by atoms with E-state index in [0.29, 0.717) is 4.88 Å². The summed E-state index contributed by atoms with van der Waals surface area (Å²) in [5.41, 5.74) is 1.64. The van der Waals surface area contributed by atoms with E-state index in [2.05, 4.69) is 9.97 Å². The first-order valence-corrected chi connectivity index (χ1v) is 7.55. The summed E-state index contributed by atoms with van der Waals surface area (Å²) in [6, 6.07) is 3.80. The first-order valence-electron chi connectivity index (χ1n) is 5.86. The Bertz CT molecular complexity index is 754. The fraction of sp³-hybridized carbons (Fsp3) is 0.0714. The lowest BCUT2D eigenvalue weighted by molar-refractivity contribution is 0.105. The van der Waals surface area contributed by atoms with Gasteiger partial charge in [-0.25, -0.2) is 4.98 Å². The van der Waals surface area contributed by atoms with E-state index in [-0.39, 0.29) is 5.78 Å². The molecule has 3 aromatic rings. The zero-order chi connectivity index (χ0) is 13.9. The number of hydrogen-bond acceptors (Lipinski definition) is 6. The molecular weight excluding hydrogens is 292 g/mol. The average Bonchev–Trinajstić information content (AvgIpc) is 3.16. The topological polar surface area (TPSA) is 56.0 Å². The van der Waals surface area contributed by atoms with Gasteiger partial charge in [0.2, 0.25) is 0 Å². The summed E-state index contributed by atoms with van der Waals surface area (Å²) >= 11 is 2.81. The van der Waals surface area contributed by atoms with Crippen LogP contribution < -0.4 is 0 Å². The van der Waals surface area contributed by atoms with Crippen molar-refractivity contribution < 1.29 is 9.21 Å². The SMILES string of the molecule is Cc1ccc(-c2ncc(/C=C/C(=O)c3cncs3)s2)o1. The van der Waals surface area contributed by atoms with Crippen molar-refractivity contribution in [3.8, 4) is 10.8 Å². The van der Waals surface area contributed by atoms with Crippen molar-refractivity contribution >= 4 is 34.5 Å². The van der Waals surface area contributed by atoms with Crippen LogP contribution >= 0.6 is 22.7 Å². The largest absolute Gasteiger partial charge is 0.459 e. The van der Waals surface area contributed by atoms with Gasteiger partial charge in [-0.1, -0.05) is 0 Å². The standard InChI is InChI=1S/C14H10N2O2S2/c1-9-2-5-12(18-9)14-16-6-10(20-14)3-4-11(17)13-7-15-8-19-13/h2-8H,1H3/b4-3+. The number of rotatable bonds is 4. The summed E-state index contributed by atoms with van der Waals surface area (Å²) < 4.78 is 5.52. The number of aryl methyl sites for hydroxylation is 1. The lowest BCUT2D eigenvalue weighted by Crippen LogP contribution is -1.88. The molecule has 0 radical (unpaired) electrons. The van der Waals surface area contributed by atoms with Gasteiger partial charge in [0.25, 0.3) is 0 Å². The molecule has 0 unspecified atom stereocenters. The number of carbonyl (C=O) groups is 1. The van der Waals surface area contributed by atoms with Gasteiger partial charge in [0, 0.05) is 17.3 Å². The summed E-state index contributed by atoms with van der Waals surface area (Å²) in [7, 11) is 0. The maximum absolute atomic E-state index is 11.8. The van der Waals surface area contributed by atoms with Crippen LogP contribution in [0.1, 0.15) is 20.3 Å². The van der Waals surface area contributed by atoms with E-state index in [1.165, 1.54) is 28.7 Å². The molecule has 20 heavy (non-hydrogen) atoms. The smallest absolute Gasteiger partial charge is 0.197 e. The molecule has 0 atom stereocenters. The normalized spacial score (nSPS) is 11.2. The maximum atomic E-state index is 11.8. The Morgan fingerprint density at radius 3 is 2.95 bits per heavy atom. The Balaban J connectivity index is 1.76. The third kappa shape index (κ3) is 2.76. The molecule has 0 aromatic carbocycles. The van der Waals surface area contributed by atoms with Crippen LogP contribution in [0, 0.1) is 6.92 Å².